The number of benzene rings is 1. The lowest BCUT2D eigenvalue weighted by Gasteiger charge is -2.43. The second-order valence-electron chi connectivity index (χ2n) is 4.61. The molecular weight excluding hydrogens is 220 g/mol. The van der Waals surface area contributed by atoms with Crippen LogP contribution in [-0.4, -0.2) is 28.3 Å². The van der Waals surface area contributed by atoms with E-state index in [1.807, 2.05) is 0 Å². The van der Waals surface area contributed by atoms with Crippen molar-refractivity contribution in [3.05, 3.63) is 23.3 Å². The Labute approximate surface area is 98.7 Å². The first kappa shape index (κ1) is 10.4. The lowest BCUT2D eigenvalue weighted by atomic mass is 9.72. The first-order valence-corrected chi connectivity index (χ1v) is 5.60. The predicted octanol–water partition coefficient (Wildman–Crippen LogP) is 1.81. The third-order valence-corrected chi connectivity index (χ3v) is 3.86. The van der Waals surface area contributed by atoms with Crippen LogP contribution in [0.15, 0.2) is 12.1 Å². The molecule has 0 aromatic heterocycles. The number of ether oxygens (including phenoxy) is 1. The molecule has 0 atom stereocenters. The third kappa shape index (κ3) is 1.09. The van der Waals surface area contributed by atoms with Gasteiger partial charge in [-0.3, -0.25) is 10.6 Å². The largest absolute Gasteiger partial charge is 0.507 e. The van der Waals surface area contributed by atoms with E-state index in [0.29, 0.717) is 11.3 Å². The molecule has 1 aromatic rings. The van der Waals surface area contributed by atoms with Gasteiger partial charge in [0, 0.05) is 6.07 Å². The van der Waals surface area contributed by atoms with E-state index in [2.05, 4.69) is 0 Å². The molecule has 1 heterocycles. The van der Waals surface area contributed by atoms with Gasteiger partial charge in [-0.25, -0.2) is 5.06 Å². The minimum atomic E-state index is -0.515. The van der Waals surface area contributed by atoms with Gasteiger partial charge in [-0.2, -0.15) is 0 Å². The van der Waals surface area contributed by atoms with Crippen LogP contribution in [0.2, 0.25) is 0 Å². The zero-order valence-corrected chi connectivity index (χ0v) is 9.53. The monoisotopic (exact) mass is 234 g/mol. The molecule has 0 unspecified atom stereocenters. The summed E-state index contributed by atoms with van der Waals surface area (Å²) in [7, 11) is 1.53. The lowest BCUT2D eigenvalue weighted by molar-refractivity contribution is -0.138. The van der Waals surface area contributed by atoms with Crippen molar-refractivity contribution in [3.8, 4) is 11.5 Å². The van der Waals surface area contributed by atoms with Crippen LogP contribution in [0.1, 0.15) is 30.4 Å². The standard InChI is InChI=1S/C12H14N2O3/c1-17-7-5-8-10(9(15)6-7)11(13)14(16)12(8)3-2-4-12/h5-6,13,15-16H,2-4H2,1H3. The molecule has 3 rings (SSSR count). The van der Waals surface area contributed by atoms with E-state index in [1.165, 1.54) is 13.2 Å². The first-order valence-electron chi connectivity index (χ1n) is 5.60. The van der Waals surface area contributed by atoms with Gasteiger partial charge in [0.05, 0.1) is 18.2 Å². The third-order valence-electron chi connectivity index (χ3n) is 3.86. The molecule has 0 bridgehead atoms. The van der Waals surface area contributed by atoms with E-state index < -0.39 is 5.54 Å². The Balaban J connectivity index is 2.24. The van der Waals surface area contributed by atoms with Crippen molar-refractivity contribution in [2.45, 2.75) is 24.8 Å². The maximum Gasteiger partial charge on any atom is 0.157 e. The number of rotatable bonds is 1. The molecule has 0 radical (unpaired) electrons. The molecule has 3 N–H and O–H groups in total. The topological polar surface area (TPSA) is 76.8 Å². The van der Waals surface area contributed by atoms with Gasteiger partial charge in [0.25, 0.3) is 0 Å². The number of fused-ring (bicyclic) bond motifs is 2. The molecule has 0 amide bonds. The smallest absolute Gasteiger partial charge is 0.157 e. The van der Waals surface area contributed by atoms with Crippen molar-refractivity contribution in [3.63, 3.8) is 0 Å². The van der Waals surface area contributed by atoms with E-state index in [-0.39, 0.29) is 11.6 Å². The van der Waals surface area contributed by atoms with Gasteiger partial charge >= 0.3 is 0 Å². The van der Waals surface area contributed by atoms with E-state index in [0.717, 1.165) is 29.9 Å². The number of hydrogen-bond donors (Lipinski definition) is 3. The molecule has 90 valence electrons. The average Bonchev–Trinajstić information content (AvgIpc) is 2.48. The summed E-state index contributed by atoms with van der Waals surface area (Å²) in [5, 5.41) is 28.8. The van der Waals surface area contributed by atoms with Crippen molar-refractivity contribution in [1.82, 2.24) is 5.06 Å². The van der Waals surface area contributed by atoms with Crippen LogP contribution in [-0.2, 0) is 5.54 Å². The summed E-state index contributed by atoms with van der Waals surface area (Å²) in [6.45, 7) is 0. The molecule has 1 aromatic carbocycles. The number of hydroxylamine groups is 2. The van der Waals surface area contributed by atoms with Crippen LogP contribution < -0.4 is 4.74 Å². The normalized spacial score (nSPS) is 20.4. The SMILES string of the molecule is COc1cc(O)c2c(c1)C1(CCC1)N(O)C2=N. The number of phenolic OH excluding ortho intramolecular Hbond substituents is 1. The van der Waals surface area contributed by atoms with Crippen LogP contribution in [0.5, 0.6) is 11.5 Å². The highest BCUT2D eigenvalue weighted by Gasteiger charge is 2.53. The minimum absolute atomic E-state index is 0.00725. The second-order valence-corrected chi connectivity index (χ2v) is 4.61. The van der Waals surface area contributed by atoms with Crippen LogP contribution in [0.3, 0.4) is 0 Å². The summed E-state index contributed by atoms with van der Waals surface area (Å²) in [6.07, 6.45) is 2.61. The molecule has 1 spiro atoms. The quantitative estimate of drug-likeness (QED) is 0.692. The van der Waals surface area contributed by atoms with Gasteiger partial charge in [-0.15, -0.1) is 0 Å². The summed E-state index contributed by atoms with van der Waals surface area (Å²) >= 11 is 0. The summed E-state index contributed by atoms with van der Waals surface area (Å²) in [5.41, 5.74) is 0.708. The molecule has 1 aliphatic heterocycles. The lowest BCUT2D eigenvalue weighted by Crippen LogP contribution is -2.46. The van der Waals surface area contributed by atoms with Crippen molar-refractivity contribution < 1.29 is 15.1 Å². The number of nitrogens with zero attached hydrogens (tertiary/aromatic N) is 1. The molecule has 5 nitrogen and oxygen atoms in total. The van der Waals surface area contributed by atoms with Gasteiger partial charge in [0.15, 0.2) is 5.84 Å². The Kier molecular flexibility index (Phi) is 1.92. The van der Waals surface area contributed by atoms with Gasteiger partial charge in [-0.05, 0) is 30.9 Å². The van der Waals surface area contributed by atoms with Crippen molar-refractivity contribution in [2.75, 3.05) is 7.11 Å². The number of aromatic hydroxyl groups is 1. The molecule has 0 saturated heterocycles. The van der Waals surface area contributed by atoms with Gasteiger partial charge in [0.2, 0.25) is 0 Å². The van der Waals surface area contributed by atoms with E-state index in [4.69, 9.17) is 10.1 Å². The molecule has 5 heteroatoms. The second kappa shape index (κ2) is 3.13. The van der Waals surface area contributed by atoms with E-state index in [9.17, 15) is 10.3 Å². The van der Waals surface area contributed by atoms with Crippen LogP contribution in [0.4, 0.5) is 0 Å². The summed E-state index contributed by atoms with van der Waals surface area (Å²) in [6, 6.07) is 3.28. The summed E-state index contributed by atoms with van der Waals surface area (Å²) in [5.74, 6) is 0.516. The van der Waals surface area contributed by atoms with Crippen LogP contribution >= 0.6 is 0 Å². The zero-order valence-electron chi connectivity index (χ0n) is 9.53. The highest BCUT2D eigenvalue weighted by Crippen LogP contribution is 2.54. The molecule has 1 aliphatic carbocycles. The number of hydrogen-bond acceptors (Lipinski definition) is 4. The average molecular weight is 234 g/mol. The fourth-order valence-electron chi connectivity index (χ4n) is 2.76. The Morgan fingerprint density at radius 2 is 2.12 bits per heavy atom. The number of methoxy groups -OCH3 is 1. The number of amidine groups is 1. The highest BCUT2D eigenvalue weighted by atomic mass is 16.5. The number of phenols is 1. The number of nitrogens with one attached hydrogen (secondary N) is 1. The van der Waals surface area contributed by atoms with E-state index in [1.54, 1.807) is 6.07 Å². The fraction of sp³-hybridized carbons (Fsp3) is 0.417. The maximum atomic E-state index is 10.0. The summed E-state index contributed by atoms with van der Waals surface area (Å²) in [4.78, 5) is 0. The Morgan fingerprint density at radius 3 is 2.65 bits per heavy atom. The predicted molar refractivity (Wildman–Crippen MR) is 60.6 cm³/mol. The molecular formula is C12H14N2O3. The molecule has 17 heavy (non-hydrogen) atoms. The van der Waals surface area contributed by atoms with Crippen LogP contribution in [0, 0.1) is 5.41 Å². The van der Waals surface area contributed by atoms with Crippen LogP contribution in [0.25, 0.3) is 0 Å². The van der Waals surface area contributed by atoms with Gasteiger partial charge in [-0.1, -0.05) is 0 Å². The molecule has 2 aliphatic rings. The molecule has 1 saturated carbocycles. The Bertz CT molecular complexity index is 509. The van der Waals surface area contributed by atoms with Gasteiger partial charge < -0.3 is 9.84 Å². The molecule has 1 fully saturated rings. The maximum absolute atomic E-state index is 10.0. The Hall–Kier alpha value is -1.75. The van der Waals surface area contributed by atoms with E-state index >= 15 is 0 Å². The Morgan fingerprint density at radius 1 is 1.41 bits per heavy atom. The van der Waals surface area contributed by atoms with Crippen molar-refractivity contribution >= 4 is 5.84 Å². The fourth-order valence-corrected chi connectivity index (χ4v) is 2.76. The highest BCUT2D eigenvalue weighted by molar-refractivity contribution is 6.03. The minimum Gasteiger partial charge on any atom is -0.507 e. The summed E-state index contributed by atoms with van der Waals surface area (Å²) < 4.78 is 5.12. The van der Waals surface area contributed by atoms with Crippen molar-refractivity contribution in [2.24, 2.45) is 0 Å². The zero-order chi connectivity index (χ0) is 12.2. The van der Waals surface area contributed by atoms with Gasteiger partial charge in [0.1, 0.15) is 11.5 Å². The van der Waals surface area contributed by atoms with Crippen molar-refractivity contribution in [1.29, 1.82) is 5.41 Å². The first-order chi connectivity index (χ1) is 8.10.